The molecule has 0 aromatic carbocycles. The predicted molar refractivity (Wildman–Crippen MR) is 65.1 cm³/mol. The average molecular weight is 269 g/mol. The quantitative estimate of drug-likeness (QED) is 0.185. The highest BCUT2D eigenvalue weighted by Crippen LogP contribution is 2.07. The molecule has 0 spiro atoms. The number of amidine groups is 1. The number of nitrogens with zero attached hydrogens (tertiary/aromatic N) is 2. The van der Waals surface area contributed by atoms with Gasteiger partial charge >= 0.3 is 0 Å². The van der Waals surface area contributed by atoms with Gasteiger partial charge in [0.1, 0.15) is 6.73 Å². The van der Waals surface area contributed by atoms with Crippen LogP contribution in [0, 0.1) is 0 Å². The second-order valence-electron chi connectivity index (χ2n) is 4.77. The molecule has 0 heterocycles. The van der Waals surface area contributed by atoms with Crippen LogP contribution < -0.4 is 5.43 Å². The normalized spacial score (nSPS) is 13.6. The van der Waals surface area contributed by atoms with Crippen molar-refractivity contribution >= 4 is 13.9 Å². The first-order valence-corrected chi connectivity index (χ1v) is 9.02. The molecule has 0 amide bonds. The second kappa shape index (κ2) is 7.70. The monoisotopic (exact) mass is 269 g/mol. The molecule has 0 fully saturated rings. The molecule has 0 saturated heterocycles. The Labute approximate surface area is 101 Å². The lowest BCUT2D eigenvalue weighted by molar-refractivity contribution is -0.182. The molecule has 0 atom stereocenters. The van der Waals surface area contributed by atoms with Crippen molar-refractivity contribution in [2.24, 2.45) is 4.99 Å². The fraction of sp³-hybridized carbons (Fsp3) is 0.889. The maximum absolute atomic E-state index is 12.2. The van der Waals surface area contributed by atoms with Crippen LogP contribution in [0.1, 0.15) is 0 Å². The fourth-order valence-corrected chi connectivity index (χ4v) is 1.65. The Morgan fingerprint density at radius 1 is 1.47 bits per heavy atom. The number of alkyl halides is 2. The highest BCUT2D eigenvalue weighted by atomic mass is 28.3. The van der Waals surface area contributed by atoms with Gasteiger partial charge in [0.2, 0.25) is 0 Å². The lowest BCUT2D eigenvalue weighted by Gasteiger charge is -2.19. The highest BCUT2D eigenvalue weighted by Gasteiger charge is 2.15. The molecule has 0 rings (SSSR count). The minimum Gasteiger partial charge on any atom is -0.362 e. The van der Waals surface area contributed by atoms with Crippen molar-refractivity contribution in [2.75, 3.05) is 20.4 Å². The standard InChI is InChI=1S/C9H21F2N3O2Si/c1-12-9(8(10)11)13-14(15)7-16-5-6-17(2,3)4/h8,15H,5-7H2,1-4H3,(H,12,13). The molecule has 2 N–H and O–H groups in total. The van der Waals surface area contributed by atoms with E-state index in [4.69, 9.17) is 4.74 Å². The first-order valence-electron chi connectivity index (χ1n) is 5.32. The third-order valence-corrected chi connectivity index (χ3v) is 3.61. The summed E-state index contributed by atoms with van der Waals surface area (Å²) in [6.07, 6.45) is -2.75. The van der Waals surface area contributed by atoms with E-state index in [1.54, 1.807) is 0 Å². The number of aliphatic imine (C=N–C) groups is 1. The zero-order valence-corrected chi connectivity index (χ0v) is 11.7. The van der Waals surface area contributed by atoms with Gasteiger partial charge < -0.3 is 4.74 Å². The summed E-state index contributed by atoms with van der Waals surface area (Å²) in [5.74, 6) is -0.596. The second-order valence-corrected chi connectivity index (χ2v) is 10.4. The van der Waals surface area contributed by atoms with Crippen molar-refractivity contribution in [3.8, 4) is 0 Å². The maximum Gasteiger partial charge on any atom is 0.296 e. The van der Waals surface area contributed by atoms with Crippen molar-refractivity contribution in [3.63, 3.8) is 0 Å². The predicted octanol–water partition coefficient (Wildman–Crippen LogP) is 1.79. The smallest absolute Gasteiger partial charge is 0.296 e. The van der Waals surface area contributed by atoms with Crippen LogP contribution in [0.25, 0.3) is 0 Å². The molecule has 0 aromatic heterocycles. The summed E-state index contributed by atoms with van der Waals surface area (Å²) in [6.45, 7) is 6.91. The van der Waals surface area contributed by atoms with Crippen LogP contribution in [0.15, 0.2) is 4.99 Å². The number of hydrazine groups is 1. The van der Waals surface area contributed by atoms with Crippen LogP contribution in [-0.2, 0) is 4.74 Å². The van der Waals surface area contributed by atoms with Crippen LogP contribution in [0.3, 0.4) is 0 Å². The Morgan fingerprint density at radius 2 is 2.06 bits per heavy atom. The van der Waals surface area contributed by atoms with Crippen molar-refractivity contribution in [3.05, 3.63) is 0 Å². The van der Waals surface area contributed by atoms with E-state index in [0.717, 1.165) is 6.04 Å². The summed E-state index contributed by atoms with van der Waals surface area (Å²) >= 11 is 0. The number of hydrogen-bond acceptors (Lipinski definition) is 4. The first kappa shape index (κ1) is 16.4. The zero-order chi connectivity index (χ0) is 13.5. The largest absolute Gasteiger partial charge is 0.362 e. The Kier molecular flexibility index (Phi) is 7.44. The molecule has 0 aliphatic carbocycles. The molecule has 0 radical (unpaired) electrons. The van der Waals surface area contributed by atoms with E-state index in [1.165, 1.54) is 7.05 Å². The van der Waals surface area contributed by atoms with Gasteiger partial charge in [-0.05, 0) is 6.04 Å². The fourth-order valence-electron chi connectivity index (χ4n) is 0.890. The molecule has 8 heteroatoms. The Hall–Kier alpha value is -0.573. The van der Waals surface area contributed by atoms with Gasteiger partial charge in [-0.3, -0.25) is 15.6 Å². The lowest BCUT2D eigenvalue weighted by atomic mass is 10.6. The van der Waals surface area contributed by atoms with E-state index in [2.05, 4.69) is 24.6 Å². The molecule has 0 saturated carbocycles. The number of hydroxylamine groups is 1. The van der Waals surface area contributed by atoms with Crippen molar-refractivity contribution < 1.29 is 18.7 Å². The Morgan fingerprint density at radius 3 is 2.47 bits per heavy atom. The van der Waals surface area contributed by atoms with Crippen LogP contribution in [0.2, 0.25) is 25.7 Å². The van der Waals surface area contributed by atoms with E-state index in [0.29, 0.717) is 11.8 Å². The lowest BCUT2D eigenvalue weighted by Crippen LogP contribution is -2.44. The minimum absolute atomic E-state index is 0.184. The van der Waals surface area contributed by atoms with Gasteiger partial charge in [0, 0.05) is 21.7 Å². The number of rotatable bonds is 7. The number of hydrogen-bond donors (Lipinski definition) is 2. The molecular formula is C9H21F2N3O2Si. The van der Waals surface area contributed by atoms with Crippen molar-refractivity contribution in [2.45, 2.75) is 32.1 Å². The van der Waals surface area contributed by atoms with Gasteiger partial charge in [0.05, 0.1) is 0 Å². The zero-order valence-electron chi connectivity index (χ0n) is 10.7. The summed E-state index contributed by atoms with van der Waals surface area (Å²) < 4.78 is 29.6. The molecule has 0 unspecified atom stereocenters. The first-order chi connectivity index (χ1) is 7.76. The van der Waals surface area contributed by atoms with Crippen LogP contribution in [0.5, 0.6) is 0 Å². The van der Waals surface area contributed by atoms with Gasteiger partial charge in [-0.15, -0.1) is 0 Å². The van der Waals surface area contributed by atoms with E-state index in [1.807, 2.05) is 5.43 Å². The Balaban J connectivity index is 3.77. The summed E-state index contributed by atoms with van der Waals surface area (Å²) in [5, 5.41) is 9.68. The molecule has 0 aromatic rings. The molecule has 0 bridgehead atoms. The number of ether oxygens (including phenoxy) is 1. The molecular weight excluding hydrogens is 248 g/mol. The highest BCUT2D eigenvalue weighted by molar-refractivity contribution is 6.76. The van der Waals surface area contributed by atoms with E-state index in [9.17, 15) is 14.0 Å². The SMILES string of the molecule is CN=C(NN(O)COCC[Si](C)(C)C)C(F)F. The minimum atomic E-state index is -2.75. The van der Waals surface area contributed by atoms with Crippen LogP contribution in [0.4, 0.5) is 8.78 Å². The molecule has 17 heavy (non-hydrogen) atoms. The van der Waals surface area contributed by atoms with E-state index in [-0.39, 0.29) is 6.73 Å². The van der Waals surface area contributed by atoms with Crippen molar-refractivity contribution in [1.82, 2.24) is 10.6 Å². The number of halogens is 2. The maximum atomic E-state index is 12.2. The summed E-state index contributed by atoms with van der Waals surface area (Å²) in [5.41, 5.74) is 2.04. The molecule has 102 valence electrons. The van der Waals surface area contributed by atoms with Gasteiger partial charge in [-0.2, -0.15) is 0 Å². The van der Waals surface area contributed by atoms with Gasteiger partial charge in [-0.25, -0.2) is 8.78 Å². The van der Waals surface area contributed by atoms with Gasteiger partial charge in [0.15, 0.2) is 5.84 Å². The van der Waals surface area contributed by atoms with Gasteiger partial charge in [-0.1, -0.05) is 24.8 Å². The van der Waals surface area contributed by atoms with Crippen LogP contribution >= 0.6 is 0 Å². The van der Waals surface area contributed by atoms with Crippen molar-refractivity contribution in [1.29, 1.82) is 0 Å². The number of nitrogens with one attached hydrogen (secondary N) is 1. The van der Waals surface area contributed by atoms with E-state index >= 15 is 0 Å². The third-order valence-electron chi connectivity index (χ3n) is 1.90. The summed E-state index contributed by atoms with van der Waals surface area (Å²) in [7, 11) is 0.0414. The third kappa shape index (κ3) is 9.16. The van der Waals surface area contributed by atoms with Gasteiger partial charge in [0.25, 0.3) is 6.43 Å². The molecule has 0 aliphatic rings. The summed E-state index contributed by atoms with van der Waals surface area (Å²) in [6, 6.07) is 0.949. The average Bonchev–Trinajstić information content (AvgIpc) is 2.19. The molecule has 5 nitrogen and oxygen atoms in total. The van der Waals surface area contributed by atoms with E-state index < -0.39 is 20.3 Å². The summed E-state index contributed by atoms with van der Waals surface area (Å²) in [4.78, 5) is 3.30. The Bertz CT molecular complexity index is 247. The molecule has 0 aliphatic heterocycles. The van der Waals surface area contributed by atoms with Crippen LogP contribution in [-0.4, -0.2) is 51.1 Å². The topological polar surface area (TPSA) is 57.1 Å².